The van der Waals surface area contributed by atoms with Gasteiger partial charge in [-0.1, -0.05) is 13.8 Å². The molecule has 0 spiro atoms. The fraction of sp³-hybridized carbons (Fsp3) is 0.875. The number of ether oxygens (including phenoxy) is 1. The molecule has 0 rings (SSSR count). The highest BCUT2D eigenvalue weighted by molar-refractivity contribution is 5.69. The van der Waals surface area contributed by atoms with Crippen LogP contribution >= 0.6 is 0 Å². The Morgan fingerprint density at radius 2 is 2.18 bits per heavy atom. The standard InChI is InChI=1S/C8H16O3/c1-3-5-8(10)11-7(4-2)6-9/h7,9H,3-6H2,1-2H3. The van der Waals surface area contributed by atoms with Crippen molar-refractivity contribution in [3.63, 3.8) is 0 Å². The summed E-state index contributed by atoms with van der Waals surface area (Å²) in [7, 11) is 0. The molecule has 66 valence electrons. The van der Waals surface area contributed by atoms with Gasteiger partial charge < -0.3 is 9.84 Å². The number of carbonyl (C=O) groups is 1. The second kappa shape index (κ2) is 6.16. The molecule has 0 aliphatic carbocycles. The van der Waals surface area contributed by atoms with Crippen molar-refractivity contribution in [2.45, 2.75) is 39.2 Å². The van der Waals surface area contributed by atoms with Crippen LogP contribution in [0.2, 0.25) is 0 Å². The number of hydrogen-bond donors (Lipinski definition) is 1. The molecular formula is C8H16O3. The molecule has 0 bridgehead atoms. The van der Waals surface area contributed by atoms with Crippen LogP contribution in [0.3, 0.4) is 0 Å². The highest BCUT2D eigenvalue weighted by atomic mass is 16.5. The topological polar surface area (TPSA) is 46.5 Å². The van der Waals surface area contributed by atoms with Crippen molar-refractivity contribution in [3.05, 3.63) is 0 Å². The second-order valence-corrected chi connectivity index (χ2v) is 2.45. The van der Waals surface area contributed by atoms with Crippen molar-refractivity contribution in [3.8, 4) is 0 Å². The summed E-state index contributed by atoms with van der Waals surface area (Å²) < 4.78 is 4.90. The summed E-state index contributed by atoms with van der Waals surface area (Å²) in [6.45, 7) is 3.72. The van der Waals surface area contributed by atoms with E-state index in [1.54, 1.807) is 0 Å². The molecule has 0 aromatic heterocycles. The average molecular weight is 160 g/mol. The minimum Gasteiger partial charge on any atom is -0.460 e. The summed E-state index contributed by atoms with van der Waals surface area (Å²) in [6.07, 6.45) is 1.59. The Hall–Kier alpha value is -0.570. The van der Waals surface area contributed by atoms with E-state index in [-0.39, 0.29) is 18.7 Å². The van der Waals surface area contributed by atoms with Gasteiger partial charge in [0.15, 0.2) is 0 Å². The first kappa shape index (κ1) is 10.4. The van der Waals surface area contributed by atoms with Gasteiger partial charge in [-0.2, -0.15) is 0 Å². The predicted molar refractivity (Wildman–Crippen MR) is 42.2 cm³/mol. The van der Waals surface area contributed by atoms with Gasteiger partial charge in [0.2, 0.25) is 0 Å². The SMILES string of the molecule is CCCC(=O)OC(CC)CO. The molecular weight excluding hydrogens is 144 g/mol. The predicted octanol–water partition coefficient (Wildman–Crippen LogP) is 1.10. The van der Waals surface area contributed by atoms with Gasteiger partial charge in [-0.25, -0.2) is 0 Å². The second-order valence-electron chi connectivity index (χ2n) is 2.45. The number of carbonyl (C=O) groups excluding carboxylic acids is 1. The van der Waals surface area contributed by atoms with Gasteiger partial charge in [-0.3, -0.25) is 4.79 Å². The van der Waals surface area contributed by atoms with Crippen LogP contribution < -0.4 is 0 Å². The minimum atomic E-state index is -0.311. The van der Waals surface area contributed by atoms with Crippen molar-refractivity contribution < 1.29 is 14.6 Å². The van der Waals surface area contributed by atoms with Crippen molar-refractivity contribution >= 4 is 5.97 Å². The van der Waals surface area contributed by atoms with Gasteiger partial charge in [-0.05, 0) is 12.8 Å². The van der Waals surface area contributed by atoms with E-state index in [2.05, 4.69) is 0 Å². The van der Waals surface area contributed by atoms with Crippen LogP contribution in [0.25, 0.3) is 0 Å². The fourth-order valence-corrected chi connectivity index (χ4v) is 0.699. The Bertz CT molecular complexity index is 108. The smallest absolute Gasteiger partial charge is 0.306 e. The van der Waals surface area contributed by atoms with E-state index in [0.29, 0.717) is 12.8 Å². The molecule has 3 nitrogen and oxygen atoms in total. The van der Waals surface area contributed by atoms with Crippen molar-refractivity contribution in [1.82, 2.24) is 0 Å². The summed E-state index contributed by atoms with van der Waals surface area (Å²) in [5.41, 5.74) is 0. The summed E-state index contributed by atoms with van der Waals surface area (Å²) in [4.78, 5) is 10.8. The Kier molecular flexibility index (Phi) is 5.84. The molecule has 11 heavy (non-hydrogen) atoms. The Labute approximate surface area is 67.4 Å². The molecule has 0 aromatic rings. The maximum Gasteiger partial charge on any atom is 0.306 e. The molecule has 3 heteroatoms. The lowest BCUT2D eigenvalue weighted by atomic mass is 10.3. The summed E-state index contributed by atoms with van der Waals surface area (Å²) in [5, 5.41) is 8.67. The summed E-state index contributed by atoms with van der Waals surface area (Å²) in [6, 6.07) is 0. The third-order valence-electron chi connectivity index (χ3n) is 1.41. The first-order valence-corrected chi connectivity index (χ1v) is 4.04. The van der Waals surface area contributed by atoms with Crippen molar-refractivity contribution in [2.75, 3.05) is 6.61 Å². The first-order valence-electron chi connectivity index (χ1n) is 4.04. The van der Waals surface area contributed by atoms with Gasteiger partial charge in [0.05, 0.1) is 6.61 Å². The molecule has 0 aliphatic heterocycles. The van der Waals surface area contributed by atoms with E-state index in [0.717, 1.165) is 6.42 Å². The number of esters is 1. The molecule has 0 saturated carbocycles. The van der Waals surface area contributed by atoms with E-state index in [1.807, 2.05) is 13.8 Å². The number of aliphatic hydroxyl groups is 1. The van der Waals surface area contributed by atoms with Crippen LogP contribution in [0.5, 0.6) is 0 Å². The number of hydrogen-bond acceptors (Lipinski definition) is 3. The summed E-state index contributed by atoms with van der Waals surface area (Å²) in [5.74, 6) is -0.214. The maximum atomic E-state index is 10.8. The van der Waals surface area contributed by atoms with Crippen molar-refractivity contribution in [2.24, 2.45) is 0 Å². The average Bonchev–Trinajstić information content (AvgIpc) is 2.01. The third-order valence-corrected chi connectivity index (χ3v) is 1.41. The zero-order valence-corrected chi connectivity index (χ0v) is 7.17. The molecule has 0 saturated heterocycles. The molecule has 1 N–H and O–H groups in total. The maximum absolute atomic E-state index is 10.8. The number of rotatable bonds is 5. The lowest BCUT2D eigenvalue weighted by Gasteiger charge is -2.12. The first-order chi connectivity index (χ1) is 5.24. The monoisotopic (exact) mass is 160 g/mol. The van der Waals surface area contributed by atoms with E-state index >= 15 is 0 Å². The Morgan fingerprint density at radius 3 is 2.55 bits per heavy atom. The molecule has 0 aliphatic rings. The van der Waals surface area contributed by atoms with E-state index in [1.165, 1.54) is 0 Å². The molecule has 1 unspecified atom stereocenters. The van der Waals surface area contributed by atoms with E-state index < -0.39 is 0 Å². The normalized spacial score (nSPS) is 12.6. The number of aliphatic hydroxyl groups excluding tert-OH is 1. The zero-order chi connectivity index (χ0) is 8.69. The molecule has 1 atom stereocenters. The molecule has 0 heterocycles. The molecule has 0 aromatic carbocycles. The zero-order valence-electron chi connectivity index (χ0n) is 7.17. The molecule has 0 radical (unpaired) electrons. The molecule has 0 fully saturated rings. The van der Waals surface area contributed by atoms with Gasteiger partial charge in [0, 0.05) is 6.42 Å². The van der Waals surface area contributed by atoms with Crippen LogP contribution in [0.1, 0.15) is 33.1 Å². The van der Waals surface area contributed by atoms with E-state index in [9.17, 15) is 4.79 Å². The fourth-order valence-electron chi connectivity index (χ4n) is 0.699. The van der Waals surface area contributed by atoms with Gasteiger partial charge in [-0.15, -0.1) is 0 Å². The van der Waals surface area contributed by atoms with Gasteiger partial charge >= 0.3 is 5.97 Å². The third kappa shape index (κ3) is 4.79. The highest BCUT2D eigenvalue weighted by Gasteiger charge is 2.09. The van der Waals surface area contributed by atoms with Crippen LogP contribution in [0.15, 0.2) is 0 Å². The lowest BCUT2D eigenvalue weighted by Crippen LogP contribution is -2.20. The van der Waals surface area contributed by atoms with Crippen LogP contribution in [0.4, 0.5) is 0 Å². The van der Waals surface area contributed by atoms with Crippen LogP contribution in [-0.4, -0.2) is 23.8 Å². The lowest BCUT2D eigenvalue weighted by molar-refractivity contribution is -0.151. The highest BCUT2D eigenvalue weighted by Crippen LogP contribution is 2.00. The quantitative estimate of drug-likeness (QED) is 0.612. The summed E-state index contributed by atoms with van der Waals surface area (Å²) >= 11 is 0. The van der Waals surface area contributed by atoms with Crippen LogP contribution in [0, 0.1) is 0 Å². The minimum absolute atomic E-state index is 0.0774. The Morgan fingerprint density at radius 1 is 1.55 bits per heavy atom. The van der Waals surface area contributed by atoms with Gasteiger partial charge in [0.25, 0.3) is 0 Å². The van der Waals surface area contributed by atoms with Crippen molar-refractivity contribution in [1.29, 1.82) is 0 Å². The largest absolute Gasteiger partial charge is 0.460 e. The van der Waals surface area contributed by atoms with Crippen LogP contribution in [-0.2, 0) is 9.53 Å². The molecule has 0 amide bonds. The Balaban J connectivity index is 3.54. The van der Waals surface area contributed by atoms with Gasteiger partial charge in [0.1, 0.15) is 6.10 Å². The van der Waals surface area contributed by atoms with E-state index in [4.69, 9.17) is 9.84 Å².